The van der Waals surface area contributed by atoms with E-state index >= 15 is 0 Å². The first-order valence-electron chi connectivity index (χ1n) is 8.93. The molecule has 3 nitrogen and oxygen atoms in total. The molecule has 0 spiro atoms. The Hall–Kier alpha value is -2.66. The molecule has 3 aromatic carbocycles. The Morgan fingerprint density at radius 3 is 2.59 bits per heavy atom. The fourth-order valence-corrected chi connectivity index (χ4v) is 4.34. The molecule has 0 fully saturated rings. The first-order valence-corrected chi connectivity index (χ1v) is 9.73. The fourth-order valence-electron chi connectivity index (χ4n) is 3.92. The summed E-state index contributed by atoms with van der Waals surface area (Å²) in [6.45, 7) is 0. The molecule has 27 heavy (non-hydrogen) atoms. The Bertz CT molecular complexity index is 1120. The van der Waals surface area contributed by atoms with Crippen molar-refractivity contribution in [3.63, 3.8) is 0 Å². The van der Waals surface area contributed by atoms with Gasteiger partial charge in [0.05, 0.1) is 23.1 Å². The number of nitrogens with zero attached hydrogens (tertiary/aromatic N) is 2. The quantitative estimate of drug-likeness (QED) is 0.424. The molecule has 1 aromatic heterocycles. The molecule has 0 bridgehead atoms. The van der Waals surface area contributed by atoms with E-state index in [2.05, 4.69) is 50.1 Å². The first-order chi connectivity index (χ1) is 13.2. The fraction of sp³-hybridized carbons (Fsp3) is 0.136. The molecule has 0 unspecified atom stereocenters. The van der Waals surface area contributed by atoms with Crippen LogP contribution in [0.25, 0.3) is 11.0 Å². The van der Waals surface area contributed by atoms with E-state index in [1.54, 1.807) is 0 Å². The van der Waals surface area contributed by atoms with Gasteiger partial charge in [-0.2, -0.15) is 0 Å². The minimum absolute atomic E-state index is 0.0684. The lowest BCUT2D eigenvalue weighted by molar-refractivity contribution is 0.477. The number of halogens is 2. The topological polar surface area (TPSA) is 29.9 Å². The van der Waals surface area contributed by atoms with Gasteiger partial charge in [-0.1, -0.05) is 52.3 Å². The zero-order chi connectivity index (χ0) is 18.4. The molecule has 1 aliphatic heterocycles. The Labute approximate surface area is 165 Å². The zero-order valence-electron chi connectivity index (χ0n) is 14.4. The van der Waals surface area contributed by atoms with E-state index in [9.17, 15) is 4.39 Å². The van der Waals surface area contributed by atoms with Crippen LogP contribution in [0.5, 0.6) is 0 Å². The SMILES string of the molecule is Fc1ccc([C@H]2C[C@@H](c3cccc(Br)c3)n3c(nc4ccccc43)N2)cc1. The van der Waals surface area contributed by atoms with Gasteiger partial charge in [-0.15, -0.1) is 0 Å². The summed E-state index contributed by atoms with van der Waals surface area (Å²) in [4.78, 5) is 4.81. The van der Waals surface area contributed by atoms with Crippen LogP contribution in [-0.2, 0) is 0 Å². The average molecular weight is 422 g/mol. The van der Waals surface area contributed by atoms with Gasteiger partial charge in [-0.3, -0.25) is 0 Å². The number of rotatable bonds is 2. The van der Waals surface area contributed by atoms with Crippen molar-refractivity contribution in [2.75, 3.05) is 5.32 Å². The smallest absolute Gasteiger partial charge is 0.204 e. The third kappa shape index (κ3) is 2.92. The molecule has 1 aliphatic rings. The molecule has 5 heteroatoms. The summed E-state index contributed by atoms with van der Waals surface area (Å²) in [6.07, 6.45) is 0.857. The maximum atomic E-state index is 13.4. The first kappa shape index (κ1) is 16.5. The van der Waals surface area contributed by atoms with Crippen LogP contribution in [0.3, 0.4) is 0 Å². The van der Waals surface area contributed by atoms with Crippen LogP contribution >= 0.6 is 15.9 Å². The van der Waals surface area contributed by atoms with Gasteiger partial charge in [0, 0.05) is 4.47 Å². The Morgan fingerprint density at radius 1 is 0.963 bits per heavy atom. The monoisotopic (exact) mass is 421 g/mol. The van der Waals surface area contributed by atoms with E-state index < -0.39 is 0 Å². The van der Waals surface area contributed by atoms with Crippen molar-refractivity contribution in [2.45, 2.75) is 18.5 Å². The number of imidazole rings is 1. The standard InChI is InChI=1S/C22H17BrFN3/c23-16-5-3-4-15(12-16)21-13-19(14-8-10-17(24)11-9-14)26-22-25-18-6-1-2-7-20(18)27(21)22/h1-12,19,21H,13H2,(H,25,26)/t19-,21+/m1/s1. The summed E-state index contributed by atoms with van der Waals surface area (Å²) in [5.74, 6) is 0.632. The van der Waals surface area contributed by atoms with E-state index in [4.69, 9.17) is 4.98 Å². The molecule has 0 saturated carbocycles. The highest BCUT2D eigenvalue weighted by Crippen LogP contribution is 2.41. The minimum Gasteiger partial charge on any atom is -0.349 e. The van der Waals surface area contributed by atoms with Gasteiger partial charge >= 0.3 is 0 Å². The highest BCUT2D eigenvalue weighted by Gasteiger charge is 2.31. The summed E-state index contributed by atoms with van der Waals surface area (Å²) >= 11 is 3.60. The maximum absolute atomic E-state index is 13.4. The predicted octanol–water partition coefficient (Wildman–Crippen LogP) is 6.08. The van der Waals surface area contributed by atoms with Crippen LogP contribution in [0.15, 0.2) is 77.3 Å². The Kier molecular flexibility index (Phi) is 3.97. The van der Waals surface area contributed by atoms with E-state index in [1.807, 2.05) is 36.4 Å². The molecule has 1 N–H and O–H groups in total. The highest BCUT2D eigenvalue weighted by atomic mass is 79.9. The molecule has 2 atom stereocenters. The van der Waals surface area contributed by atoms with Gasteiger partial charge < -0.3 is 9.88 Å². The van der Waals surface area contributed by atoms with Crippen LogP contribution in [0.1, 0.15) is 29.6 Å². The third-order valence-electron chi connectivity index (χ3n) is 5.18. The molecule has 4 aromatic rings. The summed E-state index contributed by atoms with van der Waals surface area (Å²) in [5.41, 5.74) is 4.37. The molecule has 2 heterocycles. The lowest BCUT2D eigenvalue weighted by Gasteiger charge is -2.33. The van der Waals surface area contributed by atoms with Crippen molar-refractivity contribution >= 4 is 32.9 Å². The second-order valence-corrected chi connectivity index (χ2v) is 7.76. The normalized spacial score (nSPS) is 18.9. The van der Waals surface area contributed by atoms with Crippen molar-refractivity contribution in [2.24, 2.45) is 0 Å². The van der Waals surface area contributed by atoms with E-state index in [0.29, 0.717) is 0 Å². The number of aromatic nitrogens is 2. The second-order valence-electron chi connectivity index (χ2n) is 6.85. The summed E-state index contributed by atoms with van der Waals surface area (Å²) in [7, 11) is 0. The number of anilines is 1. The van der Waals surface area contributed by atoms with Gasteiger partial charge in [-0.25, -0.2) is 9.37 Å². The van der Waals surface area contributed by atoms with Gasteiger partial charge in [0.2, 0.25) is 5.95 Å². The lowest BCUT2D eigenvalue weighted by atomic mass is 9.93. The Balaban J connectivity index is 1.67. The molecule has 5 rings (SSSR count). The molecule has 0 amide bonds. The number of benzene rings is 3. The second kappa shape index (κ2) is 6.50. The highest BCUT2D eigenvalue weighted by molar-refractivity contribution is 9.10. The van der Waals surface area contributed by atoms with E-state index in [0.717, 1.165) is 33.4 Å². The third-order valence-corrected chi connectivity index (χ3v) is 5.67. The van der Waals surface area contributed by atoms with Gasteiger partial charge in [0.25, 0.3) is 0 Å². The number of hydrogen-bond donors (Lipinski definition) is 1. The Morgan fingerprint density at radius 2 is 1.78 bits per heavy atom. The van der Waals surface area contributed by atoms with Crippen LogP contribution in [-0.4, -0.2) is 9.55 Å². The molecular weight excluding hydrogens is 405 g/mol. The maximum Gasteiger partial charge on any atom is 0.204 e. The van der Waals surface area contributed by atoms with Gasteiger partial charge in [-0.05, 0) is 53.9 Å². The van der Waals surface area contributed by atoms with Crippen molar-refractivity contribution in [1.29, 1.82) is 0 Å². The van der Waals surface area contributed by atoms with Crippen LogP contribution < -0.4 is 5.32 Å². The number of fused-ring (bicyclic) bond motifs is 3. The zero-order valence-corrected chi connectivity index (χ0v) is 16.0. The summed E-state index contributed by atoms with van der Waals surface area (Å²) < 4.78 is 16.7. The summed E-state index contributed by atoms with van der Waals surface area (Å²) in [6, 6.07) is 23.6. The predicted molar refractivity (Wildman–Crippen MR) is 109 cm³/mol. The largest absolute Gasteiger partial charge is 0.349 e. The number of nitrogens with one attached hydrogen (secondary N) is 1. The molecular formula is C22H17BrFN3. The summed E-state index contributed by atoms with van der Waals surface area (Å²) in [5, 5.41) is 3.55. The average Bonchev–Trinajstić information content (AvgIpc) is 3.06. The van der Waals surface area contributed by atoms with Crippen molar-refractivity contribution < 1.29 is 4.39 Å². The van der Waals surface area contributed by atoms with E-state index in [1.165, 1.54) is 17.7 Å². The minimum atomic E-state index is -0.217. The number of para-hydroxylation sites is 2. The van der Waals surface area contributed by atoms with E-state index in [-0.39, 0.29) is 17.9 Å². The molecule has 0 radical (unpaired) electrons. The van der Waals surface area contributed by atoms with Crippen molar-refractivity contribution in [3.8, 4) is 0 Å². The van der Waals surface area contributed by atoms with Crippen LogP contribution in [0.4, 0.5) is 10.3 Å². The van der Waals surface area contributed by atoms with Crippen LogP contribution in [0.2, 0.25) is 0 Å². The van der Waals surface area contributed by atoms with Gasteiger partial charge in [0.1, 0.15) is 5.82 Å². The molecule has 134 valence electrons. The van der Waals surface area contributed by atoms with Crippen molar-refractivity contribution in [1.82, 2.24) is 9.55 Å². The molecule has 0 saturated heterocycles. The lowest BCUT2D eigenvalue weighted by Crippen LogP contribution is -2.27. The number of hydrogen-bond acceptors (Lipinski definition) is 2. The molecule has 0 aliphatic carbocycles. The van der Waals surface area contributed by atoms with Gasteiger partial charge in [0.15, 0.2) is 0 Å². The van der Waals surface area contributed by atoms with Crippen molar-refractivity contribution in [3.05, 3.63) is 94.2 Å². The van der Waals surface area contributed by atoms with Crippen LogP contribution in [0, 0.1) is 5.82 Å².